The van der Waals surface area contributed by atoms with Crippen LogP contribution in [0.1, 0.15) is 12.5 Å². The molecule has 0 amide bonds. The number of hydrogen-bond acceptors (Lipinski definition) is 1. The van der Waals surface area contributed by atoms with Crippen molar-refractivity contribution in [1.29, 1.82) is 0 Å². The minimum atomic E-state index is -2.60. The summed E-state index contributed by atoms with van der Waals surface area (Å²) in [5, 5.41) is 8.77. The predicted molar refractivity (Wildman–Crippen MR) is 67.9 cm³/mol. The van der Waals surface area contributed by atoms with Crippen molar-refractivity contribution in [3.63, 3.8) is 0 Å². The highest BCUT2D eigenvalue weighted by atomic mass is 19.1. The van der Waals surface area contributed by atoms with Gasteiger partial charge in [0.1, 0.15) is 5.82 Å². The van der Waals surface area contributed by atoms with Crippen LogP contribution in [0.15, 0.2) is 48.5 Å². The summed E-state index contributed by atoms with van der Waals surface area (Å²) in [6.07, 6.45) is 0. The molecule has 2 nitrogen and oxygen atoms in total. The number of benzene rings is 2. The van der Waals surface area contributed by atoms with Gasteiger partial charge >= 0.3 is 5.97 Å². The predicted octanol–water partition coefficient (Wildman–Crippen LogP) is 3.76. The van der Waals surface area contributed by atoms with E-state index in [1.54, 1.807) is 30.3 Å². The maximum atomic E-state index is 14.0. The molecule has 0 saturated carbocycles. The van der Waals surface area contributed by atoms with Crippen LogP contribution in [0.5, 0.6) is 0 Å². The van der Waals surface area contributed by atoms with Gasteiger partial charge in [-0.15, -0.1) is 0 Å². The summed E-state index contributed by atoms with van der Waals surface area (Å²) in [4.78, 5) is 10.8. The Morgan fingerprint density at radius 1 is 1.16 bits per heavy atom. The Morgan fingerprint density at radius 2 is 1.79 bits per heavy atom. The molecule has 0 fully saturated rings. The molecule has 98 valence electrons. The van der Waals surface area contributed by atoms with E-state index in [9.17, 15) is 13.6 Å². The third-order valence-electron chi connectivity index (χ3n) is 3.00. The number of carboxylic acid groups (broad SMARTS) is 1. The van der Waals surface area contributed by atoms with Crippen LogP contribution in [-0.2, 0) is 10.5 Å². The van der Waals surface area contributed by atoms with Crippen LogP contribution in [0.2, 0.25) is 0 Å². The summed E-state index contributed by atoms with van der Waals surface area (Å²) in [5.74, 6) is -2.28. The Kier molecular flexibility index (Phi) is 3.34. The Hall–Kier alpha value is -2.23. The molecule has 4 heteroatoms. The lowest BCUT2D eigenvalue weighted by Gasteiger charge is -2.16. The van der Waals surface area contributed by atoms with Crippen molar-refractivity contribution >= 4 is 5.97 Å². The van der Waals surface area contributed by atoms with Crippen molar-refractivity contribution in [1.82, 2.24) is 0 Å². The number of rotatable bonds is 3. The van der Waals surface area contributed by atoms with E-state index in [0.29, 0.717) is 11.1 Å². The summed E-state index contributed by atoms with van der Waals surface area (Å²) in [7, 11) is 0. The lowest BCUT2D eigenvalue weighted by atomic mass is 9.95. The van der Waals surface area contributed by atoms with Crippen molar-refractivity contribution in [2.45, 2.75) is 12.6 Å². The third-order valence-corrected chi connectivity index (χ3v) is 3.00. The second-order valence-corrected chi connectivity index (χ2v) is 4.37. The lowest BCUT2D eigenvalue weighted by molar-refractivity contribution is -0.150. The monoisotopic (exact) mass is 262 g/mol. The molecule has 0 heterocycles. The van der Waals surface area contributed by atoms with Gasteiger partial charge in [0.05, 0.1) is 0 Å². The highest BCUT2D eigenvalue weighted by Crippen LogP contribution is 2.30. The summed E-state index contributed by atoms with van der Waals surface area (Å²) in [6, 6.07) is 12.4. The SMILES string of the molecule is C[C@@](F)(C(=O)O)c1ccc(-c2ccccc2)c(F)c1. The van der Waals surface area contributed by atoms with Crippen molar-refractivity contribution < 1.29 is 18.7 Å². The molecular weight excluding hydrogens is 250 g/mol. The van der Waals surface area contributed by atoms with Crippen LogP contribution in [0.25, 0.3) is 11.1 Å². The zero-order valence-corrected chi connectivity index (χ0v) is 10.2. The minimum Gasteiger partial charge on any atom is -0.479 e. The summed E-state index contributed by atoms with van der Waals surface area (Å²) >= 11 is 0. The number of halogens is 2. The minimum absolute atomic E-state index is 0.211. The molecule has 2 aromatic rings. The number of carboxylic acids is 1. The van der Waals surface area contributed by atoms with Gasteiger partial charge in [0, 0.05) is 11.1 Å². The molecule has 2 rings (SSSR count). The second-order valence-electron chi connectivity index (χ2n) is 4.37. The topological polar surface area (TPSA) is 37.3 Å². The van der Waals surface area contributed by atoms with Gasteiger partial charge in [-0.25, -0.2) is 13.6 Å². The highest BCUT2D eigenvalue weighted by Gasteiger charge is 2.35. The first-order chi connectivity index (χ1) is 8.93. The molecule has 0 radical (unpaired) electrons. The molecule has 0 aliphatic carbocycles. The molecule has 0 aliphatic heterocycles. The van der Waals surface area contributed by atoms with Gasteiger partial charge in [-0.1, -0.05) is 42.5 Å². The largest absolute Gasteiger partial charge is 0.479 e. The molecule has 0 aromatic heterocycles. The van der Waals surface area contributed by atoms with Gasteiger partial charge in [-0.05, 0) is 18.6 Å². The molecule has 0 spiro atoms. The Labute approximate surface area is 109 Å². The molecule has 0 aliphatic rings. The second kappa shape index (κ2) is 4.80. The number of alkyl halides is 1. The van der Waals surface area contributed by atoms with Crippen molar-refractivity contribution in [2.75, 3.05) is 0 Å². The van der Waals surface area contributed by atoms with Gasteiger partial charge in [-0.3, -0.25) is 0 Å². The van der Waals surface area contributed by atoms with Crippen LogP contribution < -0.4 is 0 Å². The normalized spacial score (nSPS) is 13.8. The van der Waals surface area contributed by atoms with E-state index in [0.717, 1.165) is 13.0 Å². The standard InChI is InChI=1S/C15H12F2O2/c1-15(17,14(18)19)11-7-8-12(13(16)9-11)10-5-3-2-4-6-10/h2-9H,1H3,(H,18,19)/t15-/m0/s1. The van der Waals surface area contributed by atoms with Crippen molar-refractivity contribution in [3.8, 4) is 11.1 Å². The smallest absolute Gasteiger partial charge is 0.345 e. The molecule has 0 saturated heterocycles. The lowest BCUT2D eigenvalue weighted by Crippen LogP contribution is -2.27. The van der Waals surface area contributed by atoms with E-state index in [-0.39, 0.29) is 5.56 Å². The number of aliphatic carboxylic acids is 1. The van der Waals surface area contributed by atoms with E-state index in [1.807, 2.05) is 0 Å². The molecule has 0 bridgehead atoms. The van der Waals surface area contributed by atoms with Crippen LogP contribution >= 0.6 is 0 Å². The first-order valence-electron chi connectivity index (χ1n) is 5.70. The Morgan fingerprint density at radius 3 is 2.32 bits per heavy atom. The van der Waals surface area contributed by atoms with Crippen molar-refractivity contribution in [2.24, 2.45) is 0 Å². The number of hydrogen-bond donors (Lipinski definition) is 1. The zero-order chi connectivity index (χ0) is 14.0. The molecule has 1 atom stereocenters. The van der Waals surface area contributed by atoms with E-state index in [1.165, 1.54) is 12.1 Å². The fraction of sp³-hybridized carbons (Fsp3) is 0.133. The van der Waals surface area contributed by atoms with Crippen LogP contribution in [-0.4, -0.2) is 11.1 Å². The van der Waals surface area contributed by atoms with Crippen LogP contribution in [0.4, 0.5) is 8.78 Å². The summed E-state index contributed by atoms with van der Waals surface area (Å²) in [6.45, 7) is 0.895. The van der Waals surface area contributed by atoms with Gasteiger partial charge in [0.25, 0.3) is 0 Å². The van der Waals surface area contributed by atoms with E-state index >= 15 is 0 Å². The zero-order valence-electron chi connectivity index (χ0n) is 10.2. The molecular formula is C15H12F2O2. The van der Waals surface area contributed by atoms with E-state index in [2.05, 4.69) is 0 Å². The van der Waals surface area contributed by atoms with E-state index in [4.69, 9.17) is 5.11 Å². The summed E-state index contributed by atoms with van der Waals surface area (Å²) in [5.41, 5.74) is -1.85. The molecule has 19 heavy (non-hydrogen) atoms. The highest BCUT2D eigenvalue weighted by molar-refractivity contribution is 5.79. The summed E-state index contributed by atoms with van der Waals surface area (Å²) < 4.78 is 27.9. The average molecular weight is 262 g/mol. The molecule has 2 aromatic carbocycles. The maximum Gasteiger partial charge on any atom is 0.345 e. The third kappa shape index (κ3) is 2.47. The molecule has 1 N–H and O–H groups in total. The Bertz CT molecular complexity index is 607. The van der Waals surface area contributed by atoms with Gasteiger partial charge in [-0.2, -0.15) is 0 Å². The quantitative estimate of drug-likeness (QED) is 0.914. The number of carbonyl (C=O) groups is 1. The van der Waals surface area contributed by atoms with Gasteiger partial charge in [0.2, 0.25) is 5.67 Å². The Balaban J connectivity index is 2.47. The first kappa shape index (κ1) is 13.2. The average Bonchev–Trinajstić information content (AvgIpc) is 2.39. The molecule has 0 unspecified atom stereocenters. The first-order valence-corrected chi connectivity index (χ1v) is 5.70. The van der Waals surface area contributed by atoms with Crippen molar-refractivity contribution in [3.05, 3.63) is 59.9 Å². The van der Waals surface area contributed by atoms with E-state index < -0.39 is 17.5 Å². The van der Waals surface area contributed by atoms with Gasteiger partial charge < -0.3 is 5.11 Å². The maximum absolute atomic E-state index is 14.0. The fourth-order valence-corrected chi connectivity index (χ4v) is 1.78. The van der Waals surface area contributed by atoms with Crippen LogP contribution in [0, 0.1) is 5.82 Å². The van der Waals surface area contributed by atoms with Gasteiger partial charge in [0.15, 0.2) is 0 Å². The fourth-order valence-electron chi connectivity index (χ4n) is 1.78. The van der Waals surface area contributed by atoms with Crippen LogP contribution in [0.3, 0.4) is 0 Å².